The highest BCUT2D eigenvalue weighted by Crippen LogP contribution is 2.23. The van der Waals surface area contributed by atoms with E-state index in [1.165, 1.54) is 13.1 Å². The van der Waals surface area contributed by atoms with Gasteiger partial charge in [-0.25, -0.2) is 9.37 Å². The third-order valence-corrected chi connectivity index (χ3v) is 2.04. The molecule has 0 saturated carbocycles. The number of anilines is 1. The fourth-order valence-electron chi connectivity index (χ4n) is 1.08. The number of hydrogen-bond donors (Lipinski definition) is 1. The Morgan fingerprint density at radius 3 is 2.86 bits per heavy atom. The van der Waals surface area contributed by atoms with Gasteiger partial charge < -0.3 is 5.32 Å². The lowest BCUT2D eigenvalue weighted by Gasteiger charge is -2.07. The molecule has 0 aliphatic carbocycles. The minimum Gasteiger partial charge on any atom is -0.308 e. The Kier molecular flexibility index (Phi) is 3.41. The van der Waals surface area contributed by atoms with Crippen LogP contribution in [-0.4, -0.2) is 10.9 Å². The van der Waals surface area contributed by atoms with E-state index in [0.29, 0.717) is 12.0 Å². The predicted octanol–water partition coefficient (Wildman–Crippen LogP) is 2.39. The van der Waals surface area contributed by atoms with Crippen LogP contribution in [-0.2, 0) is 11.2 Å². The maximum atomic E-state index is 13.5. The lowest BCUT2D eigenvalue weighted by atomic mass is 10.2. The topological polar surface area (TPSA) is 42.0 Å². The number of nitrogens with one attached hydrogen (secondary N) is 1. The zero-order valence-corrected chi connectivity index (χ0v) is 8.65. The van der Waals surface area contributed by atoms with E-state index in [4.69, 9.17) is 11.6 Å². The second kappa shape index (κ2) is 4.37. The van der Waals surface area contributed by atoms with Crippen LogP contribution in [0.15, 0.2) is 6.20 Å². The molecule has 0 saturated heterocycles. The van der Waals surface area contributed by atoms with Crippen LogP contribution in [0.4, 0.5) is 10.2 Å². The number of halogens is 2. The van der Waals surface area contributed by atoms with Crippen molar-refractivity contribution in [2.24, 2.45) is 0 Å². The number of rotatable bonds is 2. The van der Waals surface area contributed by atoms with Crippen molar-refractivity contribution in [1.29, 1.82) is 0 Å². The number of hydrogen-bond acceptors (Lipinski definition) is 2. The van der Waals surface area contributed by atoms with E-state index in [0.717, 1.165) is 0 Å². The zero-order valence-electron chi connectivity index (χ0n) is 7.90. The normalized spacial score (nSPS) is 10.0. The smallest absolute Gasteiger partial charge is 0.222 e. The van der Waals surface area contributed by atoms with E-state index in [9.17, 15) is 9.18 Å². The highest BCUT2D eigenvalue weighted by Gasteiger charge is 2.12. The van der Waals surface area contributed by atoms with Crippen molar-refractivity contribution in [2.75, 3.05) is 5.32 Å². The molecule has 76 valence electrons. The van der Waals surface area contributed by atoms with Gasteiger partial charge in [0, 0.05) is 18.7 Å². The van der Waals surface area contributed by atoms with Crippen molar-refractivity contribution in [3.05, 3.63) is 22.6 Å². The van der Waals surface area contributed by atoms with Crippen LogP contribution in [0.5, 0.6) is 0 Å². The molecule has 5 heteroatoms. The van der Waals surface area contributed by atoms with Crippen LogP contribution in [0.25, 0.3) is 0 Å². The van der Waals surface area contributed by atoms with Crippen molar-refractivity contribution >= 4 is 23.3 Å². The van der Waals surface area contributed by atoms with E-state index >= 15 is 0 Å². The van der Waals surface area contributed by atoms with Crippen LogP contribution in [0.3, 0.4) is 0 Å². The number of pyridine rings is 1. The van der Waals surface area contributed by atoms with Gasteiger partial charge in [-0.05, 0) is 6.42 Å². The second-order valence-electron chi connectivity index (χ2n) is 2.78. The summed E-state index contributed by atoms with van der Waals surface area (Å²) in [6.45, 7) is 3.07. The van der Waals surface area contributed by atoms with E-state index < -0.39 is 5.82 Å². The van der Waals surface area contributed by atoms with E-state index in [1.54, 1.807) is 6.92 Å². The first-order valence-corrected chi connectivity index (χ1v) is 4.54. The Hall–Kier alpha value is -1.16. The van der Waals surface area contributed by atoms with E-state index in [2.05, 4.69) is 10.3 Å². The van der Waals surface area contributed by atoms with Crippen molar-refractivity contribution in [3.63, 3.8) is 0 Å². The standard InChI is InChI=1S/C9H10ClFN2O/c1-3-6-7(10)4-12-9(8(6)11)13-5(2)14/h4H,3H2,1-2H3,(H,12,13,14). The third kappa shape index (κ3) is 2.20. The van der Waals surface area contributed by atoms with Gasteiger partial charge >= 0.3 is 0 Å². The lowest BCUT2D eigenvalue weighted by Crippen LogP contribution is -2.10. The molecule has 0 bridgehead atoms. The summed E-state index contributed by atoms with van der Waals surface area (Å²) in [4.78, 5) is 14.4. The Bertz CT molecular complexity index is 368. The van der Waals surface area contributed by atoms with E-state index in [-0.39, 0.29) is 16.7 Å². The summed E-state index contributed by atoms with van der Waals surface area (Å²) in [5.41, 5.74) is 0.366. The van der Waals surface area contributed by atoms with Crippen LogP contribution >= 0.6 is 11.6 Å². The maximum absolute atomic E-state index is 13.5. The molecule has 0 unspecified atom stereocenters. The first-order chi connectivity index (χ1) is 6.56. The molecule has 0 atom stereocenters. The molecule has 14 heavy (non-hydrogen) atoms. The quantitative estimate of drug-likeness (QED) is 0.825. The molecule has 1 heterocycles. The average Bonchev–Trinajstić information content (AvgIpc) is 2.10. The van der Waals surface area contributed by atoms with Crippen LogP contribution in [0.2, 0.25) is 5.02 Å². The zero-order chi connectivity index (χ0) is 10.7. The number of aromatic nitrogens is 1. The summed E-state index contributed by atoms with van der Waals surface area (Å²) in [6.07, 6.45) is 1.79. The molecule has 0 radical (unpaired) electrons. The number of carbonyl (C=O) groups excluding carboxylic acids is 1. The summed E-state index contributed by atoms with van der Waals surface area (Å²) >= 11 is 5.72. The van der Waals surface area contributed by atoms with Crippen LogP contribution < -0.4 is 5.32 Å². The van der Waals surface area contributed by atoms with E-state index in [1.807, 2.05) is 0 Å². The van der Waals surface area contributed by atoms with Gasteiger partial charge in [0.05, 0.1) is 5.02 Å². The molecule has 0 spiro atoms. The number of carbonyl (C=O) groups is 1. The van der Waals surface area contributed by atoms with Crippen LogP contribution in [0.1, 0.15) is 19.4 Å². The fourth-order valence-corrected chi connectivity index (χ4v) is 1.35. The molecule has 0 aliphatic heterocycles. The predicted molar refractivity (Wildman–Crippen MR) is 52.9 cm³/mol. The summed E-state index contributed by atoms with van der Waals surface area (Å²) in [5, 5.41) is 2.57. The minimum atomic E-state index is -0.560. The second-order valence-corrected chi connectivity index (χ2v) is 3.19. The highest BCUT2D eigenvalue weighted by atomic mass is 35.5. The maximum Gasteiger partial charge on any atom is 0.222 e. The largest absolute Gasteiger partial charge is 0.308 e. The Balaban J connectivity index is 3.14. The summed E-state index contributed by atoms with van der Waals surface area (Å²) in [7, 11) is 0. The van der Waals surface area contributed by atoms with Gasteiger partial charge in [-0.15, -0.1) is 0 Å². The molecule has 1 rings (SSSR count). The summed E-state index contributed by atoms with van der Waals surface area (Å²) in [5.74, 6) is -0.991. The van der Waals surface area contributed by atoms with Gasteiger partial charge in [0.25, 0.3) is 0 Å². The monoisotopic (exact) mass is 216 g/mol. The summed E-state index contributed by atoms with van der Waals surface area (Å²) < 4.78 is 13.5. The van der Waals surface area contributed by atoms with Crippen molar-refractivity contribution < 1.29 is 9.18 Å². The third-order valence-electron chi connectivity index (χ3n) is 1.72. The fraction of sp³-hybridized carbons (Fsp3) is 0.333. The van der Waals surface area contributed by atoms with Crippen LogP contribution in [0, 0.1) is 5.82 Å². The number of amides is 1. The Labute approximate surface area is 86.3 Å². The molecule has 1 aromatic rings. The van der Waals surface area contributed by atoms with Gasteiger partial charge in [0.1, 0.15) is 0 Å². The van der Waals surface area contributed by atoms with Gasteiger partial charge in [0.15, 0.2) is 11.6 Å². The molecule has 3 nitrogen and oxygen atoms in total. The molecular weight excluding hydrogens is 207 g/mol. The van der Waals surface area contributed by atoms with Crippen molar-refractivity contribution in [2.45, 2.75) is 20.3 Å². The van der Waals surface area contributed by atoms with Gasteiger partial charge in [0.2, 0.25) is 5.91 Å². The highest BCUT2D eigenvalue weighted by molar-refractivity contribution is 6.31. The molecule has 1 N–H and O–H groups in total. The minimum absolute atomic E-state index is 0.0706. The Morgan fingerprint density at radius 1 is 1.71 bits per heavy atom. The lowest BCUT2D eigenvalue weighted by molar-refractivity contribution is -0.114. The first-order valence-electron chi connectivity index (χ1n) is 4.16. The molecule has 0 aliphatic rings. The molecule has 0 aromatic carbocycles. The SMILES string of the molecule is CCc1c(Cl)cnc(NC(C)=O)c1F. The molecule has 1 amide bonds. The average molecular weight is 217 g/mol. The van der Waals surface area contributed by atoms with Gasteiger partial charge in [-0.1, -0.05) is 18.5 Å². The van der Waals surface area contributed by atoms with Crippen molar-refractivity contribution in [1.82, 2.24) is 4.98 Å². The molecule has 0 fully saturated rings. The van der Waals surface area contributed by atoms with Gasteiger partial charge in [-0.3, -0.25) is 4.79 Å². The molecule has 1 aromatic heterocycles. The van der Waals surface area contributed by atoms with Crippen molar-refractivity contribution in [3.8, 4) is 0 Å². The Morgan fingerprint density at radius 2 is 2.36 bits per heavy atom. The summed E-state index contributed by atoms with van der Waals surface area (Å²) in [6, 6.07) is 0. The molecular formula is C9H10ClFN2O. The van der Waals surface area contributed by atoms with Gasteiger partial charge in [-0.2, -0.15) is 0 Å². The number of nitrogens with zero attached hydrogens (tertiary/aromatic N) is 1. The first kappa shape index (κ1) is 10.9.